The minimum atomic E-state index is -1.92. The molecule has 0 aliphatic carbocycles. The summed E-state index contributed by atoms with van der Waals surface area (Å²) in [6.45, 7) is 5.89. The molecule has 0 spiro atoms. The zero-order valence-corrected chi connectivity index (χ0v) is 12.0. The van der Waals surface area contributed by atoms with E-state index < -0.39 is 13.5 Å². The van der Waals surface area contributed by atoms with Crippen molar-refractivity contribution in [1.82, 2.24) is 0 Å². The summed E-state index contributed by atoms with van der Waals surface area (Å²) in [7, 11) is 14.9. The van der Waals surface area contributed by atoms with Crippen molar-refractivity contribution in [2.24, 2.45) is 0 Å². The first kappa shape index (κ1) is 15.7. The standard InChI is InChI=1S/C8H16.3ClH.Ir/c1-3-5-7-8-6-4-2;;;;/h3H,1,4-8H2,2H3;3*1H;/q;;;;+3/p-3. The summed E-state index contributed by atoms with van der Waals surface area (Å²) in [4.78, 5) is 0. The Morgan fingerprint density at radius 1 is 1.17 bits per heavy atom. The summed E-state index contributed by atoms with van der Waals surface area (Å²) in [5.41, 5.74) is 0. The monoisotopic (exact) mass is 410 g/mol. The normalized spacial score (nSPS) is 9.83. The molecule has 4 heteroatoms. The molecule has 0 aromatic rings. The van der Waals surface area contributed by atoms with Gasteiger partial charge in [-0.3, -0.25) is 0 Å². The molecule has 0 heterocycles. The Labute approximate surface area is 93.4 Å². The molecular formula is C8H16Cl3Ir. The van der Waals surface area contributed by atoms with E-state index in [2.05, 4.69) is 13.5 Å². The molecule has 0 aliphatic rings. The van der Waals surface area contributed by atoms with Crippen LogP contribution in [0.25, 0.3) is 0 Å². The van der Waals surface area contributed by atoms with Gasteiger partial charge in [0.25, 0.3) is 0 Å². The summed E-state index contributed by atoms with van der Waals surface area (Å²) in [6, 6.07) is 0. The van der Waals surface area contributed by atoms with Crippen molar-refractivity contribution < 1.29 is 13.5 Å². The Morgan fingerprint density at radius 2 is 1.67 bits per heavy atom. The van der Waals surface area contributed by atoms with Gasteiger partial charge in [-0.2, -0.15) is 0 Å². The van der Waals surface area contributed by atoms with Crippen LogP contribution >= 0.6 is 28.8 Å². The first-order valence-corrected chi connectivity index (χ1v) is 12.8. The van der Waals surface area contributed by atoms with Gasteiger partial charge in [0.15, 0.2) is 0 Å². The maximum absolute atomic E-state index is 4.97. The predicted octanol–water partition coefficient (Wildman–Crippen LogP) is 5.21. The van der Waals surface area contributed by atoms with Crippen molar-refractivity contribution in [2.45, 2.75) is 39.0 Å². The van der Waals surface area contributed by atoms with E-state index in [-0.39, 0.29) is 0 Å². The van der Waals surface area contributed by atoms with Crippen LogP contribution in [0.3, 0.4) is 0 Å². The summed E-state index contributed by atoms with van der Waals surface area (Å²) in [5, 5.41) is 0. The van der Waals surface area contributed by atoms with Crippen molar-refractivity contribution in [3.8, 4) is 0 Å². The van der Waals surface area contributed by atoms with Gasteiger partial charge in [0.05, 0.1) is 0 Å². The first-order valence-electron chi connectivity index (χ1n) is 3.90. The molecule has 0 amide bonds. The van der Waals surface area contributed by atoms with Gasteiger partial charge < -0.3 is 0 Å². The Morgan fingerprint density at radius 3 is 2.00 bits per heavy atom. The number of unbranched alkanes of at least 4 members (excludes halogenated alkanes) is 4. The fraction of sp³-hybridized carbons (Fsp3) is 0.750. The molecule has 0 aliphatic heterocycles. The molecule has 0 N–H and O–H groups in total. The molecule has 0 bridgehead atoms. The van der Waals surface area contributed by atoms with E-state index in [0.717, 1.165) is 0 Å². The third-order valence-electron chi connectivity index (χ3n) is 1.26. The molecular weight excluding hydrogens is 395 g/mol. The van der Waals surface area contributed by atoms with E-state index >= 15 is 0 Å². The van der Waals surface area contributed by atoms with E-state index in [1.54, 1.807) is 0 Å². The van der Waals surface area contributed by atoms with Crippen molar-refractivity contribution in [1.29, 1.82) is 0 Å². The zero-order chi connectivity index (χ0) is 9.82. The van der Waals surface area contributed by atoms with E-state index in [0.29, 0.717) is 0 Å². The van der Waals surface area contributed by atoms with Crippen LogP contribution in [0, 0.1) is 0 Å². The fourth-order valence-electron chi connectivity index (χ4n) is 0.715. The number of rotatable bonds is 5. The van der Waals surface area contributed by atoms with Gasteiger partial charge in [0.1, 0.15) is 0 Å². The van der Waals surface area contributed by atoms with E-state index in [9.17, 15) is 0 Å². The van der Waals surface area contributed by atoms with Gasteiger partial charge in [0.2, 0.25) is 0 Å². The molecule has 0 nitrogen and oxygen atoms in total. The molecule has 0 atom stereocenters. The van der Waals surface area contributed by atoms with Gasteiger partial charge >= 0.3 is 42.2 Å². The second-order valence-electron chi connectivity index (χ2n) is 2.28. The fourth-order valence-corrected chi connectivity index (χ4v) is 0.715. The van der Waals surface area contributed by atoms with E-state index in [1.165, 1.54) is 32.1 Å². The Hall–Kier alpha value is 1.26. The predicted molar refractivity (Wildman–Crippen MR) is 56.5 cm³/mol. The summed E-state index contributed by atoms with van der Waals surface area (Å²) in [6.07, 6.45) is 8.61. The Balaban J connectivity index is 0. The average molecular weight is 411 g/mol. The Kier molecular flexibility index (Phi) is 19.3. The van der Waals surface area contributed by atoms with Crippen LogP contribution in [-0.4, -0.2) is 0 Å². The maximum atomic E-state index is 4.97. The third-order valence-corrected chi connectivity index (χ3v) is 1.26. The quantitative estimate of drug-likeness (QED) is 0.431. The van der Waals surface area contributed by atoms with Gasteiger partial charge in [-0.25, -0.2) is 0 Å². The van der Waals surface area contributed by atoms with Crippen LogP contribution in [-0.2, 0) is 13.5 Å². The second kappa shape index (κ2) is 14.8. The van der Waals surface area contributed by atoms with Gasteiger partial charge in [-0.05, 0) is 12.8 Å². The van der Waals surface area contributed by atoms with Crippen molar-refractivity contribution in [2.75, 3.05) is 0 Å². The van der Waals surface area contributed by atoms with Crippen LogP contribution in [0.15, 0.2) is 12.7 Å². The van der Waals surface area contributed by atoms with Crippen LogP contribution in [0.1, 0.15) is 39.0 Å². The first-order chi connectivity index (χ1) is 5.65. The van der Waals surface area contributed by atoms with Crippen LogP contribution in [0.5, 0.6) is 0 Å². The molecule has 0 aromatic heterocycles. The van der Waals surface area contributed by atoms with Crippen molar-refractivity contribution in [3.63, 3.8) is 0 Å². The molecule has 0 rings (SSSR count). The van der Waals surface area contributed by atoms with Gasteiger partial charge in [-0.15, -0.1) is 6.58 Å². The zero-order valence-electron chi connectivity index (χ0n) is 7.29. The summed E-state index contributed by atoms with van der Waals surface area (Å²) in [5.74, 6) is 0. The molecule has 0 aromatic carbocycles. The summed E-state index contributed by atoms with van der Waals surface area (Å²) < 4.78 is 0. The van der Waals surface area contributed by atoms with Crippen LogP contribution in [0.4, 0.5) is 0 Å². The molecule has 0 saturated heterocycles. The number of hydrogen-bond acceptors (Lipinski definition) is 0. The number of hydrogen-bond donors (Lipinski definition) is 0. The molecule has 12 heavy (non-hydrogen) atoms. The topological polar surface area (TPSA) is 0 Å². The van der Waals surface area contributed by atoms with Gasteiger partial charge in [0, 0.05) is 0 Å². The number of allylic oxidation sites excluding steroid dienone is 1. The van der Waals surface area contributed by atoms with E-state index in [4.69, 9.17) is 28.8 Å². The van der Waals surface area contributed by atoms with Crippen LogP contribution < -0.4 is 0 Å². The second-order valence-corrected chi connectivity index (χ2v) is 12.7. The van der Waals surface area contributed by atoms with Crippen molar-refractivity contribution >= 4 is 28.8 Å². The van der Waals surface area contributed by atoms with E-state index in [1.807, 2.05) is 6.08 Å². The molecule has 0 saturated carbocycles. The van der Waals surface area contributed by atoms with Crippen molar-refractivity contribution in [3.05, 3.63) is 12.7 Å². The summed E-state index contributed by atoms with van der Waals surface area (Å²) >= 11 is -1.92. The average Bonchev–Trinajstić information content (AvgIpc) is 1.97. The molecule has 0 unspecified atom stereocenters. The minimum absolute atomic E-state index is 1.19. The van der Waals surface area contributed by atoms with Gasteiger partial charge in [-0.1, -0.05) is 32.3 Å². The molecule has 78 valence electrons. The third kappa shape index (κ3) is 30.2. The Bertz CT molecular complexity index is 83.6. The van der Waals surface area contributed by atoms with Crippen LogP contribution in [0.2, 0.25) is 0 Å². The molecule has 0 fully saturated rings. The molecule has 0 radical (unpaired) electrons. The number of halogens is 3. The SMILES string of the molecule is C=CCCCCCC.[Cl][Ir]([Cl])[Cl].